The standard InChI is InChI=1S/C13H11ClN2O4/c14-9-2-1-3-10(5-9)20-7-11-15-6-8(4-12(17)18)13(19)16-11/h1-3,5-6H,4,7H2,(H,17,18)(H,15,16,19). The van der Waals surface area contributed by atoms with Gasteiger partial charge in [-0.3, -0.25) is 9.59 Å². The van der Waals surface area contributed by atoms with Crippen LogP contribution in [0.25, 0.3) is 0 Å². The molecule has 1 aromatic heterocycles. The average molecular weight is 295 g/mol. The van der Waals surface area contributed by atoms with Crippen LogP contribution in [0, 0.1) is 0 Å². The molecule has 0 bridgehead atoms. The van der Waals surface area contributed by atoms with Gasteiger partial charge in [0.25, 0.3) is 5.56 Å². The molecule has 0 saturated carbocycles. The van der Waals surface area contributed by atoms with E-state index < -0.39 is 11.5 Å². The third kappa shape index (κ3) is 3.83. The molecule has 0 spiro atoms. The van der Waals surface area contributed by atoms with Gasteiger partial charge in [-0.1, -0.05) is 17.7 Å². The number of carboxylic acids is 1. The minimum absolute atomic E-state index is 0.0585. The van der Waals surface area contributed by atoms with Crippen LogP contribution >= 0.6 is 11.6 Å². The maximum absolute atomic E-state index is 11.6. The molecule has 0 saturated heterocycles. The number of carboxylic acid groups (broad SMARTS) is 1. The van der Waals surface area contributed by atoms with Crippen molar-refractivity contribution in [2.75, 3.05) is 0 Å². The third-order valence-corrected chi connectivity index (χ3v) is 2.67. The highest BCUT2D eigenvalue weighted by Gasteiger charge is 2.07. The molecular formula is C13H11ClN2O4. The Labute approximate surface area is 119 Å². The SMILES string of the molecule is O=C(O)Cc1cnc(COc2cccc(Cl)c2)[nH]c1=O. The molecule has 0 aliphatic rings. The molecule has 0 unspecified atom stereocenters. The number of aromatic amines is 1. The lowest BCUT2D eigenvalue weighted by Gasteiger charge is -2.06. The second-order valence-electron chi connectivity index (χ2n) is 4.00. The van der Waals surface area contributed by atoms with E-state index in [2.05, 4.69) is 9.97 Å². The first-order valence-electron chi connectivity index (χ1n) is 5.72. The lowest BCUT2D eigenvalue weighted by Crippen LogP contribution is -2.19. The first-order chi connectivity index (χ1) is 9.54. The molecule has 0 aliphatic heterocycles. The fraction of sp³-hybridized carbons (Fsp3) is 0.154. The van der Waals surface area contributed by atoms with Crippen molar-refractivity contribution in [1.29, 1.82) is 0 Å². The highest BCUT2D eigenvalue weighted by Crippen LogP contribution is 2.17. The molecule has 1 aromatic carbocycles. The van der Waals surface area contributed by atoms with Crippen LogP contribution in [0.15, 0.2) is 35.3 Å². The number of nitrogens with zero attached hydrogens (tertiary/aromatic N) is 1. The van der Waals surface area contributed by atoms with Gasteiger partial charge in [0.05, 0.1) is 6.42 Å². The summed E-state index contributed by atoms with van der Waals surface area (Å²) in [4.78, 5) is 28.6. The Morgan fingerprint density at radius 2 is 2.25 bits per heavy atom. The third-order valence-electron chi connectivity index (χ3n) is 2.44. The number of hydrogen-bond acceptors (Lipinski definition) is 4. The first-order valence-corrected chi connectivity index (χ1v) is 6.09. The zero-order valence-electron chi connectivity index (χ0n) is 10.3. The highest BCUT2D eigenvalue weighted by molar-refractivity contribution is 6.30. The van der Waals surface area contributed by atoms with Crippen LogP contribution in [-0.4, -0.2) is 21.0 Å². The summed E-state index contributed by atoms with van der Waals surface area (Å²) < 4.78 is 5.42. The molecule has 2 rings (SSSR count). The molecule has 2 aromatic rings. The average Bonchev–Trinajstić information content (AvgIpc) is 2.39. The van der Waals surface area contributed by atoms with Crippen LogP contribution in [0.3, 0.4) is 0 Å². The van der Waals surface area contributed by atoms with Gasteiger partial charge in [0, 0.05) is 16.8 Å². The lowest BCUT2D eigenvalue weighted by atomic mass is 10.2. The maximum atomic E-state index is 11.6. The van der Waals surface area contributed by atoms with Crippen LogP contribution in [0.5, 0.6) is 5.75 Å². The van der Waals surface area contributed by atoms with Crippen molar-refractivity contribution < 1.29 is 14.6 Å². The molecule has 0 amide bonds. The van der Waals surface area contributed by atoms with Gasteiger partial charge >= 0.3 is 5.97 Å². The van der Waals surface area contributed by atoms with Crippen LogP contribution < -0.4 is 10.3 Å². The first kappa shape index (κ1) is 14.1. The summed E-state index contributed by atoms with van der Waals surface area (Å²) in [6, 6.07) is 6.82. The zero-order chi connectivity index (χ0) is 14.5. The van der Waals surface area contributed by atoms with Gasteiger partial charge in [0.15, 0.2) is 0 Å². The second-order valence-corrected chi connectivity index (χ2v) is 4.44. The van der Waals surface area contributed by atoms with Crippen molar-refractivity contribution >= 4 is 17.6 Å². The Morgan fingerprint density at radius 1 is 1.45 bits per heavy atom. The fourth-order valence-corrected chi connectivity index (χ4v) is 1.71. The minimum Gasteiger partial charge on any atom is -0.486 e. The molecule has 104 valence electrons. The normalized spacial score (nSPS) is 10.2. The number of rotatable bonds is 5. The van der Waals surface area contributed by atoms with Crippen molar-refractivity contribution in [3.8, 4) is 5.75 Å². The molecule has 0 radical (unpaired) electrons. The molecule has 0 aliphatic carbocycles. The molecule has 1 heterocycles. The summed E-state index contributed by atoms with van der Waals surface area (Å²) >= 11 is 5.81. The quantitative estimate of drug-likeness (QED) is 0.874. The Balaban J connectivity index is 2.05. The zero-order valence-corrected chi connectivity index (χ0v) is 11.1. The van der Waals surface area contributed by atoms with Crippen LogP contribution in [0.1, 0.15) is 11.4 Å². The van der Waals surface area contributed by atoms with E-state index in [1.807, 2.05) is 0 Å². The monoisotopic (exact) mass is 294 g/mol. The number of aromatic nitrogens is 2. The number of nitrogens with one attached hydrogen (secondary N) is 1. The van der Waals surface area contributed by atoms with Crippen LogP contribution in [-0.2, 0) is 17.8 Å². The highest BCUT2D eigenvalue weighted by atomic mass is 35.5. The smallest absolute Gasteiger partial charge is 0.308 e. The van der Waals surface area contributed by atoms with Crippen molar-refractivity contribution in [2.24, 2.45) is 0 Å². The van der Waals surface area contributed by atoms with E-state index in [0.29, 0.717) is 16.6 Å². The molecular weight excluding hydrogens is 284 g/mol. The number of hydrogen-bond donors (Lipinski definition) is 2. The number of H-pyrrole nitrogens is 1. The Morgan fingerprint density at radius 3 is 2.90 bits per heavy atom. The summed E-state index contributed by atoms with van der Waals surface area (Å²) in [7, 11) is 0. The number of benzene rings is 1. The van der Waals surface area contributed by atoms with Gasteiger partial charge < -0.3 is 14.8 Å². The van der Waals surface area contributed by atoms with Gasteiger partial charge in [0.1, 0.15) is 18.2 Å². The number of halogens is 1. The van der Waals surface area contributed by atoms with E-state index in [1.54, 1.807) is 24.3 Å². The number of aliphatic carboxylic acids is 1. The number of carbonyl (C=O) groups is 1. The topological polar surface area (TPSA) is 92.3 Å². The molecule has 0 atom stereocenters. The number of ether oxygens (including phenoxy) is 1. The van der Waals surface area contributed by atoms with E-state index in [-0.39, 0.29) is 18.6 Å². The molecule has 7 heteroatoms. The lowest BCUT2D eigenvalue weighted by molar-refractivity contribution is -0.136. The van der Waals surface area contributed by atoms with Gasteiger partial charge in [-0.25, -0.2) is 4.98 Å². The Hall–Kier alpha value is -2.34. The second kappa shape index (κ2) is 6.21. The van der Waals surface area contributed by atoms with E-state index in [4.69, 9.17) is 21.4 Å². The predicted molar refractivity (Wildman–Crippen MR) is 72.0 cm³/mol. The van der Waals surface area contributed by atoms with Crippen LogP contribution in [0.4, 0.5) is 0 Å². The largest absolute Gasteiger partial charge is 0.486 e. The van der Waals surface area contributed by atoms with E-state index in [0.717, 1.165) is 0 Å². The van der Waals surface area contributed by atoms with Crippen molar-refractivity contribution in [3.63, 3.8) is 0 Å². The molecule has 6 nitrogen and oxygen atoms in total. The van der Waals surface area contributed by atoms with E-state index in [1.165, 1.54) is 6.20 Å². The molecule has 20 heavy (non-hydrogen) atoms. The van der Waals surface area contributed by atoms with Gasteiger partial charge in [-0.2, -0.15) is 0 Å². The predicted octanol–water partition coefficient (Wildman–Crippen LogP) is 1.63. The summed E-state index contributed by atoms with van der Waals surface area (Å²) in [6.07, 6.45) is 0.876. The minimum atomic E-state index is -1.08. The summed E-state index contributed by atoms with van der Waals surface area (Å²) in [5, 5.41) is 9.16. The summed E-state index contributed by atoms with van der Waals surface area (Å²) in [5.74, 6) is -0.223. The van der Waals surface area contributed by atoms with Crippen LogP contribution in [0.2, 0.25) is 5.02 Å². The van der Waals surface area contributed by atoms with Crippen molar-refractivity contribution in [2.45, 2.75) is 13.0 Å². The van der Waals surface area contributed by atoms with Crippen molar-refractivity contribution in [3.05, 3.63) is 57.2 Å². The van der Waals surface area contributed by atoms with Gasteiger partial charge in [-0.15, -0.1) is 0 Å². The van der Waals surface area contributed by atoms with E-state index in [9.17, 15) is 9.59 Å². The summed E-state index contributed by atoms with van der Waals surface area (Å²) in [5.41, 5.74) is -0.379. The maximum Gasteiger partial charge on any atom is 0.308 e. The van der Waals surface area contributed by atoms with Gasteiger partial charge in [-0.05, 0) is 18.2 Å². The van der Waals surface area contributed by atoms with Crippen molar-refractivity contribution in [1.82, 2.24) is 9.97 Å². The molecule has 0 fully saturated rings. The Bertz CT molecular complexity index is 684. The van der Waals surface area contributed by atoms with Gasteiger partial charge in [0.2, 0.25) is 0 Å². The Kier molecular flexibility index (Phi) is 4.37. The molecule has 2 N–H and O–H groups in total. The van der Waals surface area contributed by atoms with E-state index >= 15 is 0 Å². The fourth-order valence-electron chi connectivity index (χ4n) is 1.53. The summed E-state index contributed by atoms with van der Waals surface area (Å²) in [6.45, 7) is 0.0585.